The Bertz CT molecular complexity index is 821. The average Bonchev–Trinajstić information content (AvgIpc) is 2.64. The van der Waals surface area contributed by atoms with Crippen LogP contribution < -0.4 is 4.90 Å². The highest BCUT2D eigenvalue weighted by Gasteiger charge is 2.29. The molecule has 0 aliphatic carbocycles. The fourth-order valence-corrected chi connectivity index (χ4v) is 3.51. The van der Waals surface area contributed by atoms with Gasteiger partial charge in [0, 0.05) is 18.7 Å². The Hall–Kier alpha value is -1.83. The molecule has 2 aromatic rings. The van der Waals surface area contributed by atoms with Gasteiger partial charge in [-0.25, -0.2) is 9.97 Å². The van der Waals surface area contributed by atoms with Gasteiger partial charge in [-0.2, -0.15) is 5.26 Å². The van der Waals surface area contributed by atoms with E-state index in [1.54, 1.807) is 24.4 Å². The summed E-state index contributed by atoms with van der Waals surface area (Å²) < 4.78 is 0. The van der Waals surface area contributed by atoms with Gasteiger partial charge in [0.25, 0.3) is 0 Å². The van der Waals surface area contributed by atoms with Gasteiger partial charge in [0.15, 0.2) is 5.69 Å². The molecule has 1 aliphatic rings. The highest BCUT2D eigenvalue weighted by Crippen LogP contribution is 2.36. The van der Waals surface area contributed by atoms with E-state index < -0.39 is 0 Å². The molecule has 0 unspecified atom stereocenters. The van der Waals surface area contributed by atoms with Crippen LogP contribution in [0.2, 0.25) is 10.0 Å². The van der Waals surface area contributed by atoms with Crippen molar-refractivity contribution in [2.45, 2.75) is 33.1 Å². The third kappa shape index (κ3) is 3.58. The number of aromatic nitrogens is 2. The Labute approximate surface area is 158 Å². The van der Waals surface area contributed by atoms with Crippen molar-refractivity contribution in [3.63, 3.8) is 0 Å². The van der Waals surface area contributed by atoms with Crippen molar-refractivity contribution in [3.8, 4) is 17.3 Å². The molecular formula is C19H20Cl2N4. The Morgan fingerprint density at radius 3 is 2.64 bits per heavy atom. The average molecular weight is 375 g/mol. The summed E-state index contributed by atoms with van der Waals surface area (Å²) in [6.45, 7) is 6.44. The van der Waals surface area contributed by atoms with Crippen LogP contribution in [0.5, 0.6) is 0 Å². The molecule has 1 fully saturated rings. The minimum Gasteiger partial charge on any atom is -0.355 e. The minimum atomic E-state index is 0.269. The van der Waals surface area contributed by atoms with E-state index in [-0.39, 0.29) is 5.69 Å². The lowest BCUT2D eigenvalue weighted by Gasteiger charge is -2.39. The number of halogens is 2. The van der Waals surface area contributed by atoms with Crippen molar-refractivity contribution in [1.82, 2.24) is 9.97 Å². The summed E-state index contributed by atoms with van der Waals surface area (Å²) >= 11 is 12.4. The summed E-state index contributed by atoms with van der Waals surface area (Å²) in [6, 6.07) is 7.44. The second-order valence-electron chi connectivity index (χ2n) is 6.79. The van der Waals surface area contributed by atoms with Crippen LogP contribution in [0.4, 0.5) is 5.82 Å². The van der Waals surface area contributed by atoms with Crippen LogP contribution in [0.15, 0.2) is 24.4 Å². The minimum absolute atomic E-state index is 0.269. The van der Waals surface area contributed by atoms with Crippen molar-refractivity contribution in [1.29, 1.82) is 5.26 Å². The molecule has 130 valence electrons. The van der Waals surface area contributed by atoms with Gasteiger partial charge in [-0.05, 0) is 24.3 Å². The Balaban J connectivity index is 1.91. The van der Waals surface area contributed by atoms with Gasteiger partial charge >= 0.3 is 0 Å². The summed E-state index contributed by atoms with van der Waals surface area (Å²) in [5, 5.41) is 10.4. The van der Waals surface area contributed by atoms with E-state index >= 15 is 0 Å². The van der Waals surface area contributed by atoms with Crippen LogP contribution in [-0.4, -0.2) is 23.1 Å². The van der Waals surface area contributed by atoms with Crippen LogP contribution in [0, 0.1) is 16.7 Å². The summed E-state index contributed by atoms with van der Waals surface area (Å²) in [7, 11) is 0. The van der Waals surface area contributed by atoms with Crippen molar-refractivity contribution < 1.29 is 0 Å². The molecule has 6 heteroatoms. The second-order valence-corrected chi connectivity index (χ2v) is 7.58. The molecule has 0 bridgehead atoms. The maximum atomic E-state index is 9.54. The first kappa shape index (κ1) is 18.0. The van der Waals surface area contributed by atoms with Crippen LogP contribution >= 0.6 is 23.2 Å². The standard InChI is InChI=1S/C19H20Cl2N4/c1-3-19(2)7-9-25(10-8-19)16-12-23-18(15(11-22)24-16)13-5-4-6-14(20)17(13)21/h4-6,12H,3,7-10H2,1-2H3. The van der Waals surface area contributed by atoms with Crippen LogP contribution in [0.3, 0.4) is 0 Å². The highest BCUT2D eigenvalue weighted by molar-refractivity contribution is 6.43. The predicted molar refractivity (Wildman–Crippen MR) is 102 cm³/mol. The number of nitrogens with zero attached hydrogens (tertiary/aromatic N) is 4. The SMILES string of the molecule is CCC1(C)CCN(c2cnc(-c3cccc(Cl)c3Cl)c(C#N)n2)CC1. The molecule has 0 radical (unpaired) electrons. The lowest BCUT2D eigenvalue weighted by atomic mass is 9.78. The van der Waals surface area contributed by atoms with Crippen LogP contribution in [0.25, 0.3) is 11.3 Å². The number of piperidine rings is 1. The Kier molecular flexibility index (Phi) is 5.17. The molecule has 1 saturated heterocycles. The van der Waals surface area contributed by atoms with Crippen LogP contribution in [0.1, 0.15) is 38.8 Å². The zero-order valence-electron chi connectivity index (χ0n) is 14.4. The molecule has 1 aromatic carbocycles. The number of hydrogen-bond acceptors (Lipinski definition) is 4. The quantitative estimate of drug-likeness (QED) is 0.727. The first-order valence-corrected chi connectivity index (χ1v) is 9.19. The van der Waals surface area contributed by atoms with E-state index in [0.29, 0.717) is 26.7 Å². The lowest BCUT2D eigenvalue weighted by Crippen LogP contribution is -2.39. The van der Waals surface area contributed by atoms with Gasteiger partial charge in [0.1, 0.15) is 17.6 Å². The monoisotopic (exact) mass is 374 g/mol. The van der Waals surface area contributed by atoms with Gasteiger partial charge < -0.3 is 4.90 Å². The molecular weight excluding hydrogens is 355 g/mol. The number of hydrogen-bond donors (Lipinski definition) is 0. The molecule has 1 aliphatic heterocycles. The number of anilines is 1. The molecule has 3 rings (SSSR count). The third-order valence-electron chi connectivity index (χ3n) is 5.22. The van der Waals surface area contributed by atoms with Gasteiger partial charge in [-0.1, -0.05) is 55.6 Å². The molecule has 2 heterocycles. The molecule has 0 N–H and O–H groups in total. The molecule has 4 nitrogen and oxygen atoms in total. The third-order valence-corrected chi connectivity index (χ3v) is 6.04. The van der Waals surface area contributed by atoms with E-state index in [0.717, 1.165) is 31.7 Å². The van der Waals surface area contributed by atoms with E-state index in [4.69, 9.17) is 23.2 Å². The summed E-state index contributed by atoms with van der Waals surface area (Å²) in [5.41, 5.74) is 1.76. The van der Waals surface area contributed by atoms with Crippen LogP contribution in [-0.2, 0) is 0 Å². The fraction of sp³-hybridized carbons (Fsp3) is 0.421. The number of nitriles is 1. The van der Waals surface area contributed by atoms with Gasteiger partial charge in [-0.3, -0.25) is 0 Å². The second kappa shape index (κ2) is 7.19. The van der Waals surface area contributed by atoms with Crippen molar-refractivity contribution >= 4 is 29.0 Å². The first-order valence-electron chi connectivity index (χ1n) is 8.44. The Morgan fingerprint density at radius 2 is 2.00 bits per heavy atom. The molecule has 0 spiro atoms. The maximum Gasteiger partial charge on any atom is 0.169 e. The van der Waals surface area contributed by atoms with Crippen molar-refractivity contribution in [3.05, 3.63) is 40.1 Å². The highest BCUT2D eigenvalue weighted by atomic mass is 35.5. The van der Waals surface area contributed by atoms with Crippen molar-refractivity contribution in [2.24, 2.45) is 5.41 Å². The number of rotatable bonds is 3. The summed E-state index contributed by atoms with van der Waals surface area (Å²) in [6.07, 6.45) is 5.15. The fourth-order valence-electron chi connectivity index (χ4n) is 3.12. The first-order chi connectivity index (χ1) is 12.0. The van der Waals surface area contributed by atoms with Gasteiger partial charge in [0.05, 0.1) is 16.2 Å². The molecule has 0 saturated carbocycles. The molecule has 25 heavy (non-hydrogen) atoms. The number of benzene rings is 1. The zero-order chi connectivity index (χ0) is 18.0. The van der Waals surface area contributed by atoms with Gasteiger partial charge in [0.2, 0.25) is 0 Å². The maximum absolute atomic E-state index is 9.54. The van der Waals surface area contributed by atoms with E-state index in [2.05, 4.69) is 34.8 Å². The normalized spacial score (nSPS) is 16.5. The van der Waals surface area contributed by atoms with Crippen molar-refractivity contribution in [2.75, 3.05) is 18.0 Å². The van der Waals surface area contributed by atoms with E-state index in [9.17, 15) is 5.26 Å². The topological polar surface area (TPSA) is 52.8 Å². The smallest absolute Gasteiger partial charge is 0.169 e. The summed E-state index contributed by atoms with van der Waals surface area (Å²) in [5.74, 6) is 0.747. The Morgan fingerprint density at radius 1 is 1.28 bits per heavy atom. The zero-order valence-corrected chi connectivity index (χ0v) is 15.9. The van der Waals surface area contributed by atoms with Gasteiger partial charge in [-0.15, -0.1) is 0 Å². The predicted octanol–water partition coefficient (Wildman–Crippen LogP) is 5.34. The lowest BCUT2D eigenvalue weighted by molar-refractivity contribution is 0.237. The van der Waals surface area contributed by atoms with E-state index in [1.165, 1.54) is 6.42 Å². The molecule has 1 aromatic heterocycles. The summed E-state index contributed by atoms with van der Waals surface area (Å²) in [4.78, 5) is 11.2. The molecule has 0 amide bonds. The largest absolute Gasteiger partial charge is 0.355 e. The van der Waals surface area contributed by atoms with E-state index in [1.807, 2.05) is 0 Å². The molecule has 0 atom stereocenters.